The number of rotatable bonds is 10. The number of carbonyl (C=O) groups excluding carboxylic acids is 1. The lowest BCUT2D eigenvalue weighted by Crippen LogP contribution is -2.52. The van der Waals surface area contributed by atoms with Gasteiger partial charge in [-0.15, -0.1) is 0 Å². The number of aliphatic hydroxyl groups is 1. The predicted molar refractivity (Wildman–Crippen MR) is 101 cm³/mol. The Morgan fingerprint density at radius 1 is 1.37 bits per heavy atom. The van der Waals surface area contributed by atoms with Gasteiger partial charge in [-0.25, -0.2) is 4.79 Å². The van der Waals surface area contributed by atoms with E-state index >= 15 is 0 Å². The van der Waals surface area contributed by atoms with E-state index in [9.17, 15) is 10.1 Å². The number of quaternary nitrogens is 1. The summed E-state index contributed by atoms with van der Waals surface area (Å²) in [6, 6.07) is -0.112. The molecule has 8 heteroatoms. The fourth-order valence-electron chi connectivity index (χ4n) is 4.33. The predicted octanol–water partition coefficient (Wildman–Crippen LogP) is 1.37. The summed E-state index contributed by atoms with van der Waals surface area (Å²) in [5, 5.41) is 24.9. The number of carbonyl (C=O) groups is 1. The SMILES string of the molecule is CC1(C)CC(NC(=O)NCC[N+](C)(C)CC[CH-][OH+][O-])CC(C)(COC#N)C1. The van der Waals surface area contributed by atoms with Crippen LogP contribution in [0.5, 0.6) is 0 Å². The van der Waals surface area contributed by atoms with Crippen molar-refractivity contribution >= 4 is 6.03 Å². The third-order valence-electron chi connectivity index (χ3n) is 5.20. The summed E-state index contributed by atoms with van der Waals surface area (Å²) in [6.45, 7) is 10.4. The molecule has 0 spiro atoms. The van der Waals surface area contributed by atoms with Gasteiger partial charge in [0.25, 0.3) is 6.26 Å². The van der Waals surface area contributed by atoms with Crippen LogP contribution in [0.4, 0.5) is 4.79 Å². The maximum Gasteiger partial charge on any atom is 0.315 e. The molecule has 1 saturated carbocycles. The molecule has 0 radical (unpaired) electrons. The van der Waals surface area contributed by atoms with Crippen molar-refractivity contribution < 1.29 is 24.2 Å². The highest BCUT2D eigenvalue weighted by Gasteiger charge is 2.42. The van der Waals surface area contributed by atoms with E-state index in [1.54, 1.807) is 6.26 Å². The smallest absolute Gasteiger partial charge is 0.315 e. The van der Waals surface area contributed by atoms with Gasteiger partial charge >= 0.3 is 6.03 Å². The summed E-state index contributed by atoms with van der Waals surface area (Å²) in [5.41, 5.74) is -0.0524. The molecule has 1 fully saturated rings. The molecule has 27 heavy (non-hydrogen) atoms. The maximum absolute atomic E-state index is 12.3. The second-order valence-electron chi connectivity index (χ2n) is 9.50. The lowest BCUT2D eigenvalue weighted by molar-refractivity contribution is -0.889. The van der Waals surface area contributed by atoms with Gasteiger partial charge in [0.2, 0.25) is 0 Å². The van der Waals surface area contributed by atoms with Gasteiger partial charge in [-0.2, -0.15) is 5.26 Å². The molecule has 8 nitrogen and oxygen atoms in total. The summed E-state index contributed by atoms with van der Waals surface area (Å²) in [4.78, 5) is 15.1. The molecule has 0 aromatic heterocycles. The number of ether oxygens (including phenoxy) is 1. The van der Waals surface area contributed by atoms with Crippen molar-refractivity contribution in [1.82, 2.24) is 10.6 Å². The first-order valence-corrected chi connectivity index (χ1v) is 9.52. The summed E-state index contributed by atoms with van der Waals surface area (Å²) in [7, 11) is 4.12. The van der Waals surface area contributed by atoms with Crippen molar-refractivity contribution in [1.29, 1.82) is 5.26 Å². The number of nitriles is 1. The van der Waals surface area contributed by atoms with Gasteiger partial charge in [0.1, 0.15) is 6.61 Å². The Bertz CT molecular complexity index is 518. The normalized spacial score (nSPS) is 24.7. The molecule has 2 unspecified atom stereocenters. The quantitative estimate of drug-likeness (QED) is 0.113. The van der Waals surface area contributed by atoms with Crippen LogP contribution in [0.1, 0.15) is 46.5 Å². The Hall–Kier alpha value is -1.56. The van der Waals surface area contributed by atoms with Gasteiger partial charge in [0.15, 0.2) is 0 Å². The second kappa shape index (κ2) is 10.1. The molecular formula is C19H36N4O4. The third kappa shape index (κ3) is 9.27. The zero-order valence-electron chi connectivity index (χ0n) is 17.4. The van der Waals surface area contributed by atoms with E-state index < -0.39 is 0 Å². The molecular weight excluding hydrogens is 348 g/mol. The van der Waals surface area contributed by atoms with Gasteiger partial charge in [-0.05, 0) is 31.3 Å². The Morgan fingerprint density at radius 2 is 2.07 bits per heavy atom. The van der Waals surface area contributed by atoms with Crippen LogP contribution < -0.4 is 15.9 Å². The zero-order valence-corrected chi connectivity index (χ0v) is 17.4. The number of hydrogen-bond donors (Lipinski definition) is 2. The van der Waals surface area contributed by atoms with Crippen LogP contribution in [0.25, 0.3) is 0 Å². The van der Waals surface area contributed by atoms with E-state index in [1.807, 2.05) is 0 Å². The number of hydrogen-bond acceptors (Lipinski definition) is 4. The highest BCUT2D eigenvalue weighted by atomic mass is 17.1. The second-order valence-corrected chi connectivity index (χ2v) is 9.50. The van der Waals surface area contributed by atoms with Gasteiger partial charge < -0.3 is 30.0 Å². The van der Waals surface area contributed by atoms with Crippen molar-refractivity contribution in [3.05, 3.63) is 6.61 Å². The zero-order chi connectivity index (χ0) is 20.6. The molecule has 2 amide bonds. The van der Waals surface area contributed by atoms with Gasteiger partial charge in [0, 0.05) is 11.5 Å². The van der Waals surface area contributed by atoms with Gasteiger partial charge in [0.05, 0.1) is 33.7 Å². The van der Waals surface area contributed by atoms with Crippen LogP contribution in [-0.4, -0.2) is 61.8 Å². The van der Waals surface area contributed by atoms with E-state index in [4.69, 9.17) is 10.00 Å². The minimum Gasteiger partial charge on any atom is -0.588 e. The summed E-state index contributed by atoms with van der Waals surface area (Å²) >= 11 is 0. The van der Waals surface area contributed by atoms with E-state index in [2.05, 4.69) is 50.4 Å². The van der Waals surface area contributed by atoms with E-state index in [0.717, 1.165) is 32.4 Å². The first-order valence-electron chi connectivity index (χ1n) is 9.52. The minimum absolute atomic E-state index is 0.0526. The summed E-state index contributed by atoms with van der Waals surface area (Å²) in [5.74, 6) is 0. The molecule has 0 bridgehead atoms. The molecule has 1 aliphatic rings. The molecule has 0 saturated heterocycles. The van der Waals surface area contributed by atoms with Crippen LogP contribution in [0.3, 0.4) is 0 Å². The Morgan fingerprint density at radius 3 is 2.70 bits per heavy atom. The molecule has 1 rings (SSSR count). The summed E-state index contributed by atoms with van der Waals surface area (Å²) in [6.07, 6.45) is 5.04. The van der Waals surface area contributed by atoms with Crippen molar-refractivity contribution in [2.45, 2.75) is 52.5 Å². The van der Waals surface area contributed by atoms with Crippen molar-refractivity contribution in [3.63, 3.8) is 0 Å². The Kier molecular flexibility index (Phi) is 8.79. The first-order chi connectivity index (χ1) is 12.5. The Labute approximate surface area is 163 Å². The van der Waals surface area contributed by atoms with E-state index in [1.165, 1.54) is 6.61 Å². The average Bonchev–Trinajstić information content (AvgIpc) is 2.51. The number of amides is 2. The fourth-order valence-corrected chi connectivity index (χ4v) is 4.33. The fraction of sp³-hybridized carbons (Fsp3) is 0.842. The van der Waals surface area contributed by atoms with E-state index in [-0.39, 0.29) is 22.9 Å². The van der Waals surface area contributed by atoms with Gasteiger partial charge in [-0.3, -0.25) is 0 Å². The first kappa shape index (κ1) is 23.5. The lowest BCUT2D eigenvalue weighted by atomic mass is 9.63. The molecule has 0 aliphatic heterocycles. The number of urea groups is 1. The molecule has 3 N–H and O–H groups in total. The highest BCUT2D eigenvalue weighted by Crippen LogP contribution is 2.46. The molecule has 156 valence electrons. The van der Waals surface area contributed by atoms with Crippen molar-refractivity contribution in [2.24, 2.45) is 10.8 Å². The number of nitrogens with zero attached hydrogens (tertiary/aromatic N) is 2. The largest absolute Gasteiger partial charge is 0.588 e. The Balaban J connectivity index is 2.45. The number of likely N-dealkylation sites (N-methyl/N-ethyl adjacent to an activating group) is 1. The monoisotopic (exact) mass is 384 g/mol. The molecule has 0 aromatic carbocycles. The standard InChI is InChI=1S/C19H36N4O4/c1-18(2)11-16(12-19(3,13-18)14-26-15-20)22-17(24)21-7-9-23(4,5)8-6-10-27-25/h10,16,27H,6-9,11-14H2,1-5H3,(H2,21,22,24). The molecule has 2 atom stereocenters. The third-order valence-corrected chi connectivity index (χ3v) is 5.20. The summed E-state index contributed by atoms with van der Waals surface area (Å²) < 4.78 is 5.71. The van der Waals surface area contributed by atoms with Crippen LogP contribution in [0.15, 0.2) is 0 Å². The highest BCUT2D eigenvalue weighted by molar-refractivity contribution is 5.74. The minimum atomic E-state index is -0.164. The topological polar surface area (TPSA) is 110 Å². The maximum atomic E-state index is 12.3. The van der Waals surface area contributed by atoms with Gasteiger partial charge in [-0.1, -0.05) is 27.2 Å². The lowest BCUT2D eigenvalue weighted by Gasteiger charge is -2.46. The number of nitrogens with one attached hydrogen (secondary N) is 2. The van der Waals surface area contributed by atoms with Crippen molar-refractivity contribution in [2.75, 3.05) is 40.3 Å². The van der Waals surface area contributed by atoms with Crippen LogP contribution >= 0.6 is 0 Å². The van der Waals surface area contributed by atoms with E-state index in [0.29, 0.717) is 24.1 Å². The van der Waals surface area contributed by atoms with Crippen LogP contribution in [-0.2, 0) is 4.74 Å². The molecule has 0 aromatic rings. The average molecular weight is 385 g/mol. The molecule has 0 heterocycles. The van der Waals surface area contributed by atoms with Crippen LogP contribution in [0.2, 0.25) is 0 Å². The molecule has 1 aliphatic carbocycles. The van der Waals surface area contributed by atoms with Crippen molar-refractivity contribution in [3.8, 4) is 6.26 Å². The van der Waals surface area contributed by atoms with Crippen LogP contribution in [0, 0.1) is 29.0 Å².